The second-order valence-electron chi connectivity index (χ2n) is 7.39. The number of nitrogens with zero attached hydrogens (tertiary/aromatic N) is 4. The third-order valence-electron chi connectivity index (χ3n) is 5.32. The summed E-state index contributed by atoms with van der Waals surface area (Å²) in [5, 5.41) is 24.3. The zero-order valence-corrected chi connectivity index (χ0v) is 16.8. The summed E-state index contributed by atoms with van der Waals surface area (Å²) in [7, 11) is 0. The van der Waals surface area contributed by atoms with E-state index in [9.17, 15) is 14.6 Å². The summed E-state index contributed by atoms with van der Waals surface area (Å²) < 4.78 is 21.3. The number of para-hydroxylation sites is 1. The Morgan fingerprint density at radius 1 is 0.969 bits per heavy atom. The third kappa shape index (κ3) is 3.73. The monoisotopic (exact) mass is 433 g/mol. The lowest BCUT2D eigenvalue weighted by Crippen LogP contribution is -2.30. The summed E-state index contributed by atoms with van der Waals surface area (Å²) in [4.78, 5) is 12.9. The highest BCUT2D eigenvalue weighted by Gasteiger charge is 2.43. The van der Waals surface area contributed by atoms with Crippen LogP contribution in [0.15, 0.2) is 73.3 Å². The molecule has 1 aliphatic heterocycles. The molecule has 8 nitrogen and oxygen atoms in total. The molecule has 0 spiro atoms. The Morgan fingerprint density at radius 3 is 2.56 bits per heavy atom. The molecule has 1 aliphatic rings. The molecule has 2 aromatic carbocycles. The minimum atomic E-state index is -1.23. The zero-order valence-electron chi connectivity index (χ0n) is 16.8. The Bertz CT molecular complexity index is 1260. The maximum atomic E-state index is 13.9. The van der Waals surface area contributed by atoms with Gasteiger partial charge in [-0.1, -0.05) is 48.6 Å². The lowest BCUT2D eigenvalue weighted by Gasteiger charge is -2.16. The fourth-order valence-corrected chi connectivity index (χ4v) is 3.67. The summed E-state index contributed by atoms with van der Waals surface area (Å²) in [5.74, 6) is 0.119. The molecule has 0 bridgehead atoms. The Hall–Kier alpha value is -3.66. The number of hydrogen-bond acceptors (Lipinski definition) is 7. The van der Waals surface area contributed by atoms with E-state index >= 15 is 0 Å². The largest absolute Gasteiger partial charge is 0.387 e. The number of rotatable bonds is 5. The zero-order chi connectivity index (χ0) is 22.1. The molecule has 0 aliphatic carbocycles. The van der Waals surface area contributed by atoms with E-state index in [2.05, 4.69) is 20.3 Å². The van der Waals surface area contributed by atoms with Crippen molar-refractivity contribution in [3.8, 4) is 0 Å². The van der Waals surface area contributed by atoms with Crippen molar-refractivity contribution in [3.63, 3.8) is 0 Å². The van der Waals surface area contributed by atoms with Crippen molar-refractivity contribution in [1.29, 1.82) is 0 Å². The number of ether oxygens (including phenoxy) is 1. The minimum Gasteiger partial charge on any atom is -0.387 e. The summed E-state index contributed by atoms with van der Waals surface area (Å²) in [6.45, 7) is 0. The van der Waals surface area contributed by atoms with Crippen LogP contribution in [-0.2, 0) is 4.74 Å². The van der Waals surface area contributed by atoms with Crippen LogP contribution in [0.1, 0.15) is 11.8 Å². The van der Waals surface area contributed by atoms with Crippen LogP contribution in [0.3, 0.4) is 0 Å². The van der Waals surface area contributed by atoms with Gasteiger partial charge in [-0.3, -0.25) is 4.57 Å². The van der Waals surface area contributed by atoms with E-state index in [1.165, 1.54) is 30.9 Å². The fourth-order valence-electron chi connectivity index (χ4n) is 3.67. The lowest BCUT2D eigenvalue weighted by atomic mass is 10.1. The van der Waals surface area contributed by atoms with E-state index in [4.69, 9.17) is 4.74 Å². The average molecular weight is 433 g/mol. The molecule has 9 heteroatoms. The van der Waals surface area contributed by atoms with Crippen molar-refractivity contribution in [2.24, 2.45) is 0 Å². The molecule has 32 heavy (non-hydrogen) atoms. The second kappa shape index (κ2) is 8.46. The van der Waals surface area contributed by atoms with Gasteiger partial charge in [-0.2, -0.15) is 0 Å². The number of hydrogen-bond donors (Lipinski definition) is 3. The molecule has 3 N–H and O–H groups in total. The Morgan fingerprint density at radius 2 is 1.75 bits per heavy atom. The van der Waals surface area contributed by atoms with Crippen molar-refractivity contribution in [1.82, 2.24) is 19.5 Å². The van der Waals surface area contributed by atoms with Crippen LogP contribution in [0, 0.1) is 5.82 Å². The molecule has 0 saturated carbocycles. The van der Waals surface area contributed by atoms with Crippen molar-refractivity contribution >= 4 is 28.7 Å². The molecule has 1 saturated heterocycles. The van der Waals surface area contributed by atoms with Crippen molar-refractivity contribution in [2.45, 2.75) is 24.5 Å². The number of nitrogens with one attached hydrogen (secondary N) is 1. The summed E-state index contributed by atoms with van der Waals surface area (Å²) in [6, 6.07) is 15.8. The van der Waals surface area contributed by atoms with E-state index < -0.39 is 24.5 Å². The first-order valence-electron chi connectivity index (χ1n) is 10.1. The van der Waals surface area contributed by atoms with Gasteiger partial charge >= 0.3 is 0 Å². The molecule has 5 rings (SSSR count). The summed E-state index contributed by atoms with van der Waals surface area (Å²) in [6.07, 6.45) is 1.72. The maximum Gasteiger partial charge on any atom is 0.167 e. The van der Waals surface area contributed by atoms with Crippen LogP contribution >= 0.6 is 0 Å². The molecule has 0 unspecified atom stereocenters. The van der Waals surface area contributed by atoms with Gasteiger partial charge < -0.3 is 20.3 Å². The highest BCUT2D eigenvalue weighted by atomic mass is 19.1. The first-order valence-corrected chi connectivity index (χ1v) is 10.1. The standard InChI is InChI=1S/C23H20FN5O3/c24-16-9-5-4-6-14(16)10-11-17-19(30)20(31)23(32-17)29-13-27-18-21(25-12-26-22(18)29)28-15-7-2-1-3-8-15/h1-13,17,19-20,23,30-31H,(H,25,26,28)/t17-,19-,20-,23-/m1/s1. The number of benzene rings is 2. The molecule has 0 amide bonds. The van der Waals surface area contributed by atoms with Crippen LogP contribution in [-0.4, -0.2) is 48.0 Å². The molecule has 4 atom stereocenters. The highest BCUT2D eigenvalue weighted by Crippen LogP contribution is 2.33. The van der Waals surface area contributed by atoms with E-state index in [1.807, 2.05) is 30.3 Å². The lowest BCUT2D eigenvalue weighted by molar-refractivity contribution is -0.0243. The van der Waals surface area contributed by atoms with Gasteiger partial charge in [-0.25, -0.2) is 19.3 Å². The molecule has 1 fully saturated rings. The molecule has 2 aromatic heterocycles. The first-order chi connectivity index (χ1) is 15.6. The van der Waals surface area contributed by atoms with Crippen molar-refractivity contribution in [2.75, 3.05) is 5.32 Å². The highest BCUT2D eigenvalue weighted by molar-refractivity contribution is 5.85. The molecule has 4 aromatic rings. The van der Waals surface area contributed by atoms with Crippen LogP contribution in [0.2, 0.25) is 0 Å². The van der Waals surface area contributed by atoms with Gasteiger partial charge in [0.1, 0.15) is 30.5 Å². The van der Waals surface area contributed by atoms with E-state index in [-0.39, 0.29) is 5.82 Å². The van der Waals surface area contributed by atoms with E-state index in [0.29, 0.717) is 22.5 Å². The summed E-state index contributed by atoms with van der Waals surface area (Å²) in [5.41, 5.74) is 2.13. The van der Waals surface area contributed by atoms with Crippen molar-refractivity contribution < 1.29 is 19.3 Å². The SMILES string of the molecule is O[C@@H]1[C@H](O)[C@@H](C=Cc2ccccc2F)O[C@H]1n1cnc2c(Nc3ccccc3)ncnc21. The maximum absolute atomic E-state index is 13.9. The quantitative estimate of drug-likeness (QED) is 0.444. The van der Waals surface area contributed by atoms with Crippen LogP contribution in [0.25, 0.3) is 17.2 Å². The smallest absolute Gasteiger partial charge is 0.167 e. The molecule has 162 valence electrons. The number of fused-ring (bicyclic) bond motifs is 1. The summed E-state index contributed by atoms with van der Waals surface area (Å²) >= 11 is 0. The van der Waals surface area contributed by atoms with Crippen LogP contribution in [0.5, 0.6) is 0 Å². The number of imidazole rings is 1. The fraction of sp³-hybridized carbons (Fsp3) is 0.174. The number of anilines is 2. The Kier molecular flexibility index (Phi) is 5.36. The Balaban J connectivity index is 1.41. The van der Waals surface area contributed by atoms with Gasteiger partial charge in [0.15, 0.2) is 23.2 Å². The first kappa shape index (κ1) is 20.3. The average Bonchev–Trinajstić information content (AvgIpc) is 3.36. The number of aromatic nitrogens is 4. The number of aliphatic hydroxyl groups is 2. The predicted molar refractivity (Wildman–Crippen MR) is 116 cm³/mol. The normalized spacial score (nSPS) is 23.2. The van der Waals surface area contributed by atoms with E-state index in [0.717, 1.165) is 5.69 Å². The van der Waals surface area contributed by atoms with Crippen molar-refractivity contribution in [3.05, 3.63) is 84.7 Å². The van der Waals surface area contributed by atoms with Gasteiger partial charge in [0.05, 0.1) is 6.33 Å². The Labute approximate surface area is 182 Å². The number of halogens is 1. The van der Waals surface area contributed by atoms with E-state index in [1.54, 1.807) is 22.8 Å². The van der Waals surface area contributed by atoms with Crippen LogP contribution < -0.4 is 5.32 Å². The van der Waals surface area contributed by atoms with Gasteiger partial charge in [0, 0.05) is 11.3 Å². The van der Waals surface area contributed by atoms with Gasteiger partial charge in [-0.05, 0) is 18.2 Å². The molecule has 3 heterocycles. The predicted octanol–water partition coefficient (Wildman–Crippen LogP) is 3.04. The molecular weight excluding hydrogens is 413 g/mol. The molecule has 0 radical (unpaired) electrons. The number of aliphatic hydroxyl groups excluding tert-OH is 2. The van der Waals surface area contributed by atoms with Crippen LogP contribution in [0.4, 0.5) is 15.9 Å². The van der Waals surface area contributed by atoms with Gasteiger partial charge in [0.25, 0.3) is 0 Å². The third-order valence-corrected chi connectivity index (χ3v) is 5.32. The second-order valence-corrected chi connectivity index (χ2v) is 7.39. The topological polar surface area (TPSA) is 105 Å². The van der Waals surface area contributed by atoms with Gasteiger partial charge in [-0.15, -0.1) is 0 Å². The minimum absolute atomic E-state index is 0.360. The molecular formula is C23H20FN5O3. The van der Waals surface area contributed by atoms with Gasteiger partial charge in [0.2, 0.25) is 0 Å².